The van der Waals surface area contributed by atoms with E-state index in [4.69, 9.17) is 14.6 Å². The van der Waals surface area contributed by atoms with Crippen LogP contribution in [0.1, 0.15) is 18.4 Å². The first-order chi connectivity index (χ1) is 13.2. The van der Waals surface area contributed by atoms with Gasteiger partial charge in [0.1, 0.15) is 23.0 Å². The van der Waals surface area contributed by atoms with Gasteiger partial charge in [-0.15, -0.1) is 0 Å². The summed E-state index contributed by atoms with van der Waals surface area (Å²) in [5.41, 5.74) is 4.02. The summed E-state index contributed by atoms with van der Waals surface area (Å²) in [7, 11) is 3.36. The highest BCUT2D eigenvalue weighted by atomic mass is 79.9. The minimum absolute atomic E-state index is 0.764. The Balaban J connectivity index is 1.98. The molecule has 0 spiro atoms. The van der Waals surface area contributed by atoms with Crippen LogP contribution in [0.4, 0.5) is 5.82 Å². The lowest BCUT2D eigenvalue weighted by atomic mass is 10.0. The normalized spacial score (nSPS) is 13.4. The molecular formula is C21H22BrN3O2. The van der Waals surface area contributed by atoms with Gasteiger partial charge in [0.05, 0.1) is 25.5 Å². The van der Waals surface area contributed by atoms with Crippen molar-refractivity contribution in [3.05, 3.63) is 52.5 Å². The summed E-state index contributed by atoms with van der Waals surface area (Å²) < 4.78 is 14.3. The molecule has 5 nitrogen and oxygen atoms in total. The summed E-state index contributed by atoms with van der Waals surface area (Å²) in [6.45, 7) is 0.940. The number of rotatable bonds is 4. The average Bonchev–Trinajstić information content (AvgIpc) is 2.87. The summed E-state index contributed by atoms with van der Waals surface area (Å²) in [4.78, 5) is 0. The molecule has 1 aromatic heterocycles. The van der Waals surface area contributed by atoms with Gasteiger partial charge in [0, 0.05) is 16.6 Å². The fraction of sp³-hybridized carbons (Fsp3) is 0.286. The molecule has 0 aliphatic carbocycles. The first kappa shape index (κ1) is 17.9. The van der Waals surface area contributed by atoms with Gasteiger partial charge in [0.15, 0.2) is 0 Å². The zero-order valence-electron chi connectivity index (χ0n) is 15.5. The Morgan fingerprint density at radius 1 is 1.04 bits per heavy atom. The number of anilines is 1. The molecule has 1 aliphatic rings. The predicted octanol–water partition coefficient (Wildman–Crippen LogP) is 5.07. The number of fused-ring (bicyclic) bond motifs is 1. The molecule has 0 atom stereocenters. The zero-order valence-corrected chi connectivity index (χ0v) is 17.0. The van der Waals surface area contributed by atoms with Gasteiger partial charge >= 0.3 is 0 Å². The lowest BCUT2D eigenvalue weighted by Gasteiger charge is -2.12. The van der Waals surface area contributed by atoms with Crippen molar-refractivity contribution in [2.75, 3.05) is 26.1 Å². The number of ether oxygens (including phenoxy) is 2. The summed E-state index contributed by atoms with van der Waals surface area (Å²) in [5, 5.41) is 8.59. The quantitative estimate of drug-likeness (QED) is 0.631. The second kappa shape index (κ2) is 7.64. The molecule has 1 aliphatic heterocycles. The van der Waals surface area contributed by atoms with Crippen molar-refractivity contribution >= 4 is 21.7 Å². The van der Waals surface area contributed by atoms with Gasteiger partial charge in [-0.3, -0.25) is 0 Å². The van der Waals surface area contributed by atoms with Crippen molar-refractivity contribution in [1.82, 2.24) is 9.78 Å². The Labute approximate surface area is 167 Å². The van der Waals surface area contributed by atoms with Gasteiger partial charge in [0.25, 0.3) is 0 Å². The third kappa shape index (κ3) is 3.30. The monoisotopic (exact) mass is 427 g/mol. The molecule has 0 saturated carbocycles. The first-order valence-corrected chi connectivity index (χ1v) is 9.85. The van der Waals surface area contributed by atoms with E-state index in [0.29, 0.717) is 0 Å². The van der Waals surface area contributed by atoms with Crippen LogP contribution in [0, 0.1) is 0 Å². The minimum Gasteiger partial charge on any atom is -0.496 e. The molecule has 0 bridgehead atoms. The standard InChI is InChI=1S/C21H22BrN3O2/c1-26-17-10-6-11-18(27-2)19(17)20-16-9-3-4-12-23-21(16)25(24-20)15-8-5-7-14(22)13-15/h5-8,10-11,13,23H,3-4,9,12H2,1-2H3. The van der Waals surface area contributed by atoms with Crippen molar-refractivity contribution in [3.63, 3.8) is 0 Å². The van der Waals surface area contributed by atoms with Gasteiger partial charge in [-0.05, 0) is 49.6 Å². The van der Waals surface area contributed by atoms with Crippen LogP contribution >= 0.6 is 15.9 Å². The highest BCUT2D eigenvalue weighted by Crippen LogP contribution is 2.43. The number of benzene rings is 2. The summed E-state index contributed by atoms with van der Waals surface area (Å²) in [6.07, 6.45) is 3.22. The molecule has 2 aromatic carbocycles. The second-order valence-electron chi connectivity index (χ2n) is 6.49. The number of halogens is 1. The van der Waals surface area contributed by atoms with Crippen molar-refractivity contribution in [3.8, 4) is 28.4 Å². The van der Waals surface area contributed by atoms with Crippen LogP contribution in [0.2, 0.25) is 0 Å². The average molecular weight is 428 g/mol. The summed E-state index contributed by atoms with van der Waals surface area (Å²) >= 11 is 3.57. The maximum atomic E-state index is 5.64. The van der Waals surface area contributed by atoms with Crippen LogP contribution in [0.3, 0.4) is 0 Å². The van der Waals surface area contributed by atoms with E-state index in [0.717, 1.165) is 64.5 Å². The molecule has 0 unspecified atom stereocenters. The number of hydrogen-bond acceptors (Lipinski definition) is 4. The van der Waals surface area contributed by atoms with E-state index in [2.05, 4.69) is 33.4 Å². The SMILES string of the molecule is COc1cccc(OC)c1-c1nn(-c2cccc(Br)c2)c2c1CCCCN2. The Morgan fingerprint density at radius 3 is 2.48 bits per heavy atom. The molecule has 27 heavy (non-hydrogen) atoms. The molecule has 6 heteroatoms. The van der Waals surface area contributed by atoms with Crippen molar-refractivity contribution in [1.29, 1.82) is 0 Å². The lowest BCUT2D eigenvalue weighted by molar-refractivity contribution is 0.397. The van der Waals surface area contributed by atoms with E-state index in [9.17, 15) is 0 Å². The molecular weight excluding hydrogens is 406 g/mol. The van der Waals surface area contributed by atoms with Gasteiger partial charge in [-0.1, -0.05) is 28.1 Å². The molecule has 0 saturated heterocycles. The van der Waals surface area contributed by atoms with Gasteiger partial charge in [0.2, 0.25) is 0 Å². The molecule has 3 aromatic rings. The molecule has 0 amide bonds. The molecule has 1 N–H and O–H groups in total. The molecule has 2 heterocycles. The van der Waals surface area contributed by atoms with Crippen LogP contribution < -0.4 is 14.8 Å². The van der Waals surface area contributed by atoms with Crippen molar-refractivity contribution in [2.24, 2.45) is 0 Å². The van der Waals surface area contributed by atoms with Crippen LogP contribution in [-0.2, 0) is 6.42 Å². The molecule has 140 valence electrons. The highest BCUT2D eigenvalue weighted by Gasteiger charge is 2.26. The minimum atomic E-state index is 0.764. The van der Waals surface area contributed by atoms with Crippen LogP contribution in [0.25, 0.3) is 16.9 Å². The second-order valence-corrected chi connectivity index (χ2v) is 7.40. The first-order valence-electron chi connectivity index (χ1n) is 9.06. The van der Waals surface area contributed by atoms with Crippen molar-refractivity contribution < 1.29 is 9.47 Å². The van der Waals surface area contributed by atoms with Crippen molar-refractivity contribution in [2.45, 2.75) is 19.3 Å². The highest BCUT2D eigenvalue weighted by molar-refractivity contribution is 9.10. The smallest absolute Gasteiger partial charge is 0.133 e. The van der Waals surface area contributed by atoms with E-state index in [-0.39, 0.29) is 0 Å². The van der Waals surface area contributed by atoms with E-state index >= 15 is 0 Å². The third-order valence-corrected chi connectivity index (χ3v) is 5.34. The number of nitrogens with zero attached hydrogens (tertiary/aromatic N) is 2. The summed E-state index contributed by atoms with van der Waals surface area (Å²) in [6, 6.07) is 14.0. The number of hydrogen-bond donors (Lipinski definition) is 1. The third-order valence-electron chi connectivity index (χ3n) is 4.85. The van der Waals surface area contributed by atoms with Crippen LogP contribution in [0.5, 0.6) is 11.5 Å². The Bertz CT molecular complexity index is 946. The maximum absolute atomic E-state index is 5.64. The van der Waals surface area contributed by atoms with Crippen LogP contribution in [0.15, 0.2) is 46.9 Å². The molecule has 4 rings (SSSR count). The van der Waals surface area contributed by atoms with Gasteiger partial charge in [-0.2, -0.15) is 5.10 Å². The van der Waals surface area contributed by atoms with Gasteiger partial charge in [-0.25, -0.2) is 4.68 Å². The fourth-order valence-corrected chi connectivity index (χ4v) is 3.97. The lowest BCUT2D eigenvalue weighted by Crippen LogP contribution is -2.07. The molecule has 0 fully saturated rings. The molecule has 0 radical (unpaired) electrons. The number of methoxy groups -OCH3 is 2. The van der Waals surface area contributed by atoms with E-state index in [1.54, 1.807) is 14.2 Å². The largest absolute Gasteiger partial charge is 0.496 e. The Kier molecular flexibility index (Phi) is 5.07. The topological polar surface area (TPSA) is 48.3 Å². The van der Waals surface area contributed by atoms with Crippen LogP contribution in [-0.4, -0.2) is 30.5 Å². The Hall–Kier alpha value is -2.47. The maximum Gasteiger partial charge on any atom is 0.133 e. The predicted molar refractivity (Wildman–Crippen MR) is 111 cm³/mol. The van der Waals surface area contributed by atoms with E-state index in [1.165, 1.54) is 5.56 Å². The van der Waals surface area contributed by atoms with E-state index < -0.39 is 0 Å². The Morgan fingerprint density at radius 2 is 1.78 bits per heavy atom. The number of aromatic nitrogens is 2. The zero-order chi connectivity index (χ0) is 18.8. The number of nitrogens with one attached hydrogen (secondary N) is 1. The van der Waals surface area contributed by atoms with Gasteiger partial charge < -0.3 is 14.8 Å². The van der Waals surface area contributed by atoms with E-state index in [1.807, 2.05) is 35.0 Å². The summed E-state index contributed by atoms with van der Waals surface area (Å²) in [5.74, 6) is 2.58. The fourth-order valence-electron chi connectivity index (χ4n) is 3.58.